The summed E-state index contributed by atoms with van der Waals surface area (Å²) >= 11 is 0. The van der Waals surface area contributed by atoms with Crippen molar-refractivity contribution in [2.75, 3.05) is 13.1 Å². The Labute approximate surface area is 108 Å². The van der Waals surface area contributed by atoms with E-state index in [0.717, 1.165) is 19.0 Å². The van der Waals surface area contributed by atoms with Crippen LogP contribution in [0.3, 0.4) is 0 Å². The maximum absolute atomic E-state index is 3.53. The molecule has 3 heterocycles. The Morgan fingerprint density at radius 2 is 2.11 bits per heavy atom. The summed E-state index contributed by atoms with van der Waals surface area (Å²) in [5.41, 5.74) is 6.33. The molecule has 0 aliphatic carbocycles. The highest BCUT2D eigenvalue weighted by Gasteiger charge is 2.24. The van der Waals surface area contributed by atoms with Crippen molar-refractivity contribution >= 4 is 10.9 Å². The van der Waals surface area contributed by atoms with Gasteiger partial charge in [-0.2, -0.15) is 0 Å². The molecule has 2 heteroatoms. The third-order valence-corrected chi connectivity index (χ3v) is 4.54. The minimum Gasteiger partial charge on any atom is -0.344 e. The number of nitrogens with zero attached hydrogens (tertiary/aromatic N) is 1. The highest BCUT2D eigenvalue weighted by molar-refractivity contribution is 5.89. The lowest BCUT2D eigenvalue weighted by Gasteiger charge is -2.23. The van der Waals surface area contributed by atoms with E-state index in [-0.39, 0.29) is 0 Å². The molecule has 0 fully saturated rings. The topological polar surface area (TPSA) is 17.0 Å². The van der Waals surface area contributed by atoms with Crippen LogP contribution in [0.1, 0.15) is 23.7 Å². The van der Waals surface area contributed by atoms with Gasteiger partial charge in [0.1, 0.15) is 0 Å². The summed E-state index contributed by atoms with van der Waals surface area (Å²) in [5.74, 6) is 0.774. The molecule has 4 rings (SSSR count). The van der Waals surface area contributed by atoms with Crippen LogP contribution >= 0.6 is 0 Å². The number of hydrogen-bond donors (Lipinski definition) is 1. The molecular weight excluding hydrogens is 220 g/mol. The van der Waals surface area contributed by atoms with Crippen molar-refractivity contribution < 1.29 is 0 Å². The number of fused-ring (bicyclic) bond motifs is 3. The average Bonchev–Trinajstić information content (AvgIpc) is 2.55. The molecule has 0 radical (unpaired) electrons. The van der Waals surface area contributed by atoms with Crippen molar-refractivity contribution in [2.24, 2.45) is 5.92 Å². The van der Waals surface area contributed by atoms with Crippen LogP contribution < -0.4 is 5.32 Å². The summed E-state index contributed by atoms with van der Waals surface area (Å²) in [6.45, 7) is 5.85. The molecule has 1 aromatic heterocycles. The average molecular weight is 240 g/mol. The first-order valence-electron chi connectivity index (χ1n) is 7.17. The lowest BCUT2D eigenvalue weighted by atomic mass is 9.95. The van der Waals surface area contributed by atoms with Gasteiger partial charge in [0, 0.05) is 30.6 Å². The van der Waals surface area contributed by atoms with Gasteiger partial charge in [-0.1, -0.05) is 25.1 Å². The number of nitrogens with one attached hydrogen (secondary N) is 1. The third-order valence-electron chi connectivity index (χ3n) is 4.54. The van der Waals surface area contributed by atoms with Crippen molar-refractivity contribution in [2.45, 2.75) is 32.7 Å². The van der Waals surface area contributed by atoms with Crippen molar-refractivity contribution in [3.05, 3.63) is 35.0 Å². The van der Waals surface area contributed by atoms with Crippen LogP contribution in [0.25, 0.3) is 10.9 Å². The normalized spacial score (nSPS) is 22.8. The predicted molar refractivity (Wildman–Crippen MR) is 75.1 cm³/mol. The highest BCUT2D eigenvalue weighted by Crippen LogP contribution is 2.35. The van der Waals surface area contributed by atoms with Gasteiger partial charge in [-0.05, 0) is 36.4 Å². The van der Waals surface area contributed by atoms with Crippen LogP contribution in [-0.2, 0) is 25.8 Å². The molecule has 2 aliphatic rings. The van der Waals surface area contributed by atoms with E-state index in [2.05, 4.69) is 35.0 Å². The van der Waals surface area contributed by atoms with Gasteiger partial charge in [0.15, 0.2) is 0 Å². The molecular formula is C16H20N2. The predicted octanol–water partition coefficient (Wildman–Crippen LogP) is 2.52. The van der Waals surface area contributed by atoms with Gasteiger partial charge in [-0.25, -0.2) is 0 Å². The third kappa shape index (κ3) is 1.39. The zero-order valence-corrected chi connectivity index (χ0v) is 11.0. The van der Waals surface area contributed by atoms with Crippen molar-refractivity contribution in [3.8, 4) is 0 Å². The summed E-state index contributed by atoms with van der Waals surface area (Å²) in [6, 6.07) is 6.90. The zero-order valence-electron chi connectivity index (χ0n) is 11.0. The molecule has 0 bridgehead atoms. The van der Waals surface area contributed by atoms with Crippen LogP contribution in [0, 0.1) is 5.92 Å². The standard InChI is InChI=1S/C16H20N2/c1-11-9-12-3-2-4-14-13-5-7-17-8-6-15(13)18(10-11)16(12)14/h2-4,11,17H,5-10H2,1H3. The summed E-state index contributed by atoms with van der Waals surface area (Å²) in [7, 11) is 0. The Hall–Kier alpha value is -1.28. The molecule has 2 nitrogen and oxygen atoms in total. The quantitative estimate of drug-likeness (QED) is 0.749. The van der Waals surface area contributed by atoms with Gasteiger partial charge >= 0.3 is 0 Å². The fraction of sp³-hybridized carbons (Fsp3) is 0.500. The van der Waals surface area contributed by atoms with E-state index in [4.69, 9.17) is 0 Å². The van der Waals surface area contributed by atoms with E-state index >= 15 is 0 Å². The summed E-state index contributed by atoms with van der Waals surface area (Å²) < 4.78 is 2.63. The minimum atomic E-state index is 0.774. The monoisotopic (exact) mass is 240 g/mol. The number of rotatable bonds is 0. The molecule has 2 aliphatic heterocycles. The van der Waals surface area contributed by atoms with E-state index < -0.39 is 0 Å². The molecule has 18 heavy (non-hydrogen) atoms. The number of hydrogen-bond acceptors (Lipinski definition) is 1. The van der Waals surface area contributed by atoms with Crippen LogP contribution in [0.15, 0.2) is 18.2 Å². The molecule has 1 aromatic carbocycles. The Balaban J connectivity index is 2.06. The maximum atomic E-state index is 3.53. The molecule has 94 valence electrons. The van der Waals surface area contributed by atoms with Gasteiger partial charge in [0.25, 0.3) is 0 Å². The van der Waals surface area contributed by atoms with Crippen molar-refractivity contribution in [3.63, 3.8) is 0 Å². The lowest BCUT2D eigenvalue weighted by molar-refractivity contribution is 0.461. The molecule has 0 saturated carbocycles. The SMILES string of the molecule is CC1Cc2cccc3c4c(n(c23)C1)CCNCC4. The summed E-state index contributed by atoms with van der Waals surface area (Å²) in [6.07, 6.45) is 3.63. The van der Waals surface area contributed by atoms with Crippen molar-refractivity contribution in [1.82, 2.24) is 9.88 Å². The fourth-order valence-corrected chi connectivity index (χ4v) is 3.83. The van der Waals surface area contributed by atoms with E-state index in [1.54, 1.807) is 22.3 Å². The second-order valence-corrected chi connectivity index (χ2v) is 5.91. The van der Waals surface area contributed by atoms with Crippen molar-refractivity contribution in [1.29, 1.82) is 0 Å². The van der Waals surface area contributed by atoms with Gasteiger partial charge in [-0.3, -0.25) is 0 Å². The summed E-state index contributed by atoms with van der Waals surface area (Å²) in [4.78, 5) is 0. The lowest BCUT2D eigenvalue weighted by Crippen LogP contribution is -2.20. The first kappa shape index (κ1) is 10.6. The summed E-state index contributed by atoms with van der Waals surface area (Å²) in [5, 5.41) is 5.05. The number of benzene rings is 1. The van der Waals surface area contributed by atoms with E-state index in [1.807, 2.05) is 0 Å². The molecule has 0 amide bonds. The Morgan fingerprint density at radius 3 is 3.06 bits per heavy atom. The zero-order chi connectivity index (χ0) is 12.1. The fourth-order valence-electron chi connectivity index (χ4n) is 3.83. The molecule has 0 saturated heterocycles. The molecule has 0 spiro atoms. The van der Waals surface area contributed by atoms with Gasteiger partial charge < -0.3 is 9.88 Å². The number of aromatic nitrogens is 1. The van der Waals surface area contributed by atoms with E-state index in [0.29, 0.717) is 0 Å². The van der Waals surface area contributed by atoms with E-state index in [1.165, 1.54) is 31.2 Å². The van der Waals surface area contributed by atoms with Crippen LogP contribution in [0.2, 0.25) is 0 Å². The second kappa shape index (κ2) is 3.86. The first-order valence-corrected chi connectivity index (χ1v) is 7.17. The van der Waals surface area contributed by atoms with E-state index in [9.17, 15) is 0 Å². The maximum Gasteiger partial charge on any atom is 0.0518 e. The van der Waals surface area contributed by atoms with Crippen LogP contribution in [0.4, 0.5) is 0 Å². The second-order valence-electron chi connectivity index (χ2n) is 5.91. The number of para-hydroxylation sites is 1. The Morgan fingerprint density at radius 1 is 1.22 bits per heavy atom. The van der Waals surface area contributed by atoms with Gasteiger partial charge in [0.05, 0.1) is 5.52 Å². The van der Waals surface area contributed by atoms with Gasteiger partial charge in [-0.15, -0.1) is 0 Å². The first-order chi connectivity index (χ1) is 8.84. The Kier molecular flexibility index (Phi) is 2.28. The van der Waals surface area contributed by atoms with Crippen LogP contribution in [0.5, 0.6) is 0 Å². The van der Waals surface area contributed by atoms with Crippen LogP contribution in [-0.4, -0.2) is 17.7 Å². The highest BCUT2D eigenvalue weighted by atomic mass is 15.0. The molecule has 1 N–H and O–H groups in total. The van der Waals surface area contributed by atoms with Gasteiger partial charge in [0.2, 0.25) is 0 Å². The molecule has 1 unspecified atom stereocenters. The molecule has 1 atom stereocenters. The smallest absolute Gasteiger partial charge is 0.0518 e. The Bertz CT molecular complexity index is 609. The minimum absolute atomic E-state index is 0.774. The molecule has 2 aromatic rings. The largest absolute Gasteiger partial charge is 0.344 e.